The zero-order valence-electron chi connectivity index (χ0n) is 7.66. The van der Waals surface area contributed by atoms with Gasteiger partial charge in [-0.2, -0.15) is 0 Å². The van der Waals surface area contributed by atoms with E-state index in [1.165, 1.54) is 0 Å². The summed E-state index contributed by atoms with van der Waals surface area (Å²) in [6.45, 7) is 2.52. The molecule has 0 aromatic heterocycles. The topological polar surface area (TPSA) is 55.1 Å². The molecule has 0 radical (unpaired) electrons. The minimum atomic E-state index is 0.0630. The number of nitrogens with two attached hydrogens (primary N) is 1. The SMILES string of the molecule is C[C@@H](N)c1ccc(CNC=O)cc1. The second-order valence-electron chi connectivity index (χ2n) is 3.03. The molecule has 1 atom stereocenters. The van der Waals surface area contributed by atoms with Gasteiger partial charge in [0.1, 0.15) is 0 Å². The van der Waals surface area contributed by atoms with Crippen LogP contribution in [-0.2, 0) is 11.3 Å². The summed E-state index contributed by atoms with van der Waals surface area (Å²) in [5.41, 5.74) is 7.88. The fraction of sp³-hybridized carbons (Fsp3) is 0.300. The van der Waals surface area contributed by atoms with Gasteiger partial charge >= 0.3 is 0 Å². The maximum absolute atomic E-state index is 10.0. The number of hydrogen-bond donors (Lipinski definition) is 2. The van der Waals surface area contributed by atoms with Gasteiger partial charge in [0.2, 0.25) is 6.41 Å². The highest BCUT2D eigenvalue weighted by Gasteiger charge is 1.97. The Labute approximate surface area is 77.9 Å². The van der Waals surface area contributed by atoms with E-state index < -0.39 is 0 Å². The molecule has 0 spiro atoms. The summed E-state index contributed by atoms with van der Waals surface area (Å²) in [4.78, 5) is 10.0. The third-order valence-electron chi connectivity index (χ3n) is 1.90. The van der Waals surface area contributed by atoms with Gasteiger partial charge in [-0.3, -0.25) is 4.79 Å². The molecular formula is C10H14N2O. The normalized spacial score (nSPS) is 12.2. The van der Waals surface area contributed by atoms with Crippen molar-refractivity contribution < 1.29 is 4.79 Å². The van der Waals surface area contributed by atoms with Crippen molar-refractivity contribution in [3.8, 4) is 0 Å². The molecule has 70 valence electrons. The molecule has 0 saturated carbocycles. The van der Waals surface area contributed by atoms with E-state index in [1.54, 1.807) is 0 Å². The standard InChI is InChI=1S/C10H14N2O/c1-8(11)10-4-2-9(3-5-10)6-12-7-13/h2-5,7-8H,6,11H2,1H3,(H,12,13)/t8-/m1/s1. The summed E-state index contributed by atoms with van der Waals surface area (Å²) in [5, 5.41) is 2.60. The first kappa shape index (κ1) is 9.74. The summed E-state index contributed by atoms with van der Waals surface area (Å²) in [6.07, 6.45) is 0.694. The van der Waals surface area contributed by atoms with E-state index in [2.05, 4.69) is 5.32 Å². The highest BCUT2D eigenvalue weighted by molar-refractivity contribution is 5.46. The number of amides is 1. The minimum Gasteiger partial charge on any atom is -0.355 e. The van der Waals surface area contributed by atoms with Gasteiger partial charge in [0.15, 0.2) is 0 Å². The summed E-state index contributed by atoms with van der Waals surface area (Å²) >= 11 is 0. The molecule has 0 bridgehead atoms. The average Bonchev–Trinajstić information content (AvgIpc) is 2.15. The number of carbonyl (C=O) groups excluding carboxylic acids is 1. The Morgan fingerprint density at radius 3 is 2.54 bits per heavy atom. The van der Waals surface area contributed by atoms with Crippen LogP contribution >= 0.6 is 0 Å². The van der Waals surface area contributed by atoms with Crippen LogP contribution < -0.4 is 11.1 Å². The Kier molecular flexibility index (Phi) is 3.46. The molecule has 3 N–H and O–H groups in total. The summed E-state index contributed by atoms with van der Waals surface area (Å²) < 4.78 is 0. The Bertz CT molecular complexity index is 267. The molecule has 0 saturated heterocycles. The first-order chi connectivity index (χ1) is 6.24. The van der Waals surface area contributed by atoms with Crippen LogP contribution in [0.15, 0.2) is 24.3 Å². The van der Waals surface area contributed by atoms with Crippen LogP contribution in [0.4, 0.5) is 0 Å². The van der Waals surface area contributed by atoms with Gasteiger partial charge in [-0.15, -0.1) is 0 Å². The first-order valence-corrected chi connectivity index (χ1v) is 4.25. The Balaban J connectivity index is 2.64. The molecule has 1 rings (SSSR count). The number of carbonyl (C=O) groups is 1. The lowest BCUT2D eigenvalue weighted by Gasteiger charge is -2.06. The largest absolute Gasteiger partial charge is 0.355 e. The highest BCUT2D eigenvalue weighted by atomic mass is 16.1. The molecular weight excluding hydrogens is 164 g/mol. The maximum Gasteiger partial charge on any atom is 0.207 e. The van der Waals surface area contributed by atoms with Crippen LogP contribution in [0, 0.1) is 0 Å². The summed E-state index contributed by atoms with van der Waals surface area (Å²) in [7, 11) is 0. The van der Waals surface area contributed by atoms with E-state index in [0.29, 0.717) is 13.0 Å². The van der Waals surface area contributed by atoms with Gasteiger partial charge in [-0.25, -0.2) is 0 Å². The second kappa shape index (κ2) is 4.62. The zero-order valence-corrected chi connectivity index (χ0v) is 7.66. The van der Waals surface area contributed by atoms with Crippen LogP contribution in [-0.4, -0.2) is 6.41 Å². The third kappa shape index (κ3) is 2.87. The number of nitrogens with one attached hydrogen (secondary N) is 1. The molecule has 0 aliphatic carbocycles. The molecule has 0 aliphatic rings. The van der Waals surface area contributed by atoms with E-state index in [-0.39, 0.29) is 6.04 Å². The van der Waals surface area contributed by atoms with E-state index in [9.17, 15) is 4.79 Å². The second-order valence-corrected chi connectivity index (χ2v) is 3.03. The fourth-order valence-electron chi connectivity index (χ4n) is 1.10. The summed E-state index contributed by atoms with van der Waals surface area (Å²) in [5.74, 6) is 0. The van der Waals surface area contributed by atoms with Gasteiger partial charge in [0.25, 0.3) is 0 Å². The number of hydrogen-bond acceptors (Lipinski definition) is 2. The molecule has 0 heterocycles. The van der Waals surface area contributed by atoms with Crippen molar-refractivity contribution in [3.63, 3.8) is 0 Å². The lowest BCUT2D eigenvalue weighted by atomic mass is 10.1. The Morgan fingerprint density at radius 2 is 2.08 bits per heavy atom. The van der Waals surface area contributed by atoms with Crippen molar-refractivity contribution in [2.75, 3.05) is 0 Å². The van der Waals surface area contributed by atoms with Crippen LogP contribution in [0.3, 0.4) is 0 Å². The van der Waals surface area contributed by atoms with E-state index in [0.717, 1.165) is 11.1 Å². The fourth-order valence-corrected chi connectivity index (χ4v) is 1.10. The monoisotopic (exact) mass is 178 g/mol. The van der Waals surface area contributed by atoms with Crippen molar-refractivity contribution in [1.82, 2.24) is 5.32 Å². The van der Waals surface area contributed by atoms with Gasteiger partial charge in [0.05, 0.1) is 0 Å². The molecule has 3 nitrogen and oxygen atoms in total. The molecule has 0 aliphatic heterocycles. The van der Waals surface area contributed by atoms with Crippen molar-refractivity contribution in [3.05, 3.63) is 35.4 Å². The van der Waals surface area contributed by atoms with E-state index in [4.69, 9.17) is 5.73 Å². The Hall–Kier alpha value is -1.35. The third-order valence-corrected chi connectivity index (χ3v) is 1.90. The smallest absolute Gasteiger partial charge is 0.207 e. The van der Waals surface area contributed by atoms with Gasteiger partial charge < -0.3 is 11.1 Å². The first-order valence-electron chi connectivity index (χ1n) is 4.25. The van der Waals surface area contributed by atoms with Gasteiger partial charge in [0, 0.05) is 12.6 Å². The molecule has 1 aromatic rings. The average molecular weight is 178 g/mol. The lowest BCUT2D eigenvalue weighted by molar-refractivity contribution is -0.109. The van der Waals surface area contributed by atoms with Crippen molar-refractivity contribution in [2.45, 2.75) is 19.5 Å². The maximum atomic E-state index is 10.0. The number of rotatable bonds is 4. The lowest BCUT2D eigenvalue weighted by Crippen LogP contribution is -2.10. The highest BCUT2D eigenvalue weighted by Crippen LogP contribution is 2.10. The zero-order chi connectivity index (χ0) is 9.68. The van der Waals surface area contributed by atoms with E-state index in [1.807, 2.05) is 31.2 Å². The summed E-state index contributed by atoms with van der Waals surface area (Å²) in [6, 6.07) is 7.96. The predicted octanol–water partition coefficient (Wildman–Crippen LogP) is 0.952. The Morgan fingerprint density at radius 1 is 1.46 bits per heavy atom. The molecule has 13 heavy (non-hydrogen) atoms. The van der Waals surface area contributed by atoms with Gasteiger partial charge in [-0.05, 0) is 18.1 Å². The van der Waals surface area contributed by atoms with Crippen LogP contribution in [0.5, 0.6) is 0 Å². The van der Waals surface area contributed by atoms with E-state index >= 15 is 0 Å². The van der Waals surface area contributed by atoms with Crippen molar-refractivity contribution in [1.29, 1.82) is 0 Å². The molecule has 0 unspecified atom stereocenters. The van der Waals surface area contributed by atoms with Crippen LogP contribution in [0.1, 0.15) is 24.1 Å². The van der Waals surface area contributed by atoms with Crippen molar-refractivity contribution >= 4 is 6.41 Å². The number of benzene rings is 1. The molecule has 1 amide bonds. The van der Waals surface area contributed by atoms with Crippen LogP contribution in [0.25, 0.3) is 0 Å². The quantitative estimate of drug-likeness (QED) is 0.674. The minimum absolute atomic E-state index is 0.0630. The van der Waals surface area contributed by atoms with Gasteiger partial charge in [-0.1, -0.05) is 24.3 Å². The molecule has 3 heteroatoms. The van der Waals surface area contributed by atoms with Crippen LogP contribution in [0.2, 0.25) is 0 Å². The van der Waals surface area contributed by atoms with Crippen molar-refractivity contribution in [2.24, 2.45) is 5.73 Å². The molecule has 1 aromatic carbocycles. The molecule has 0 fully saturated rings. The predicted molar refractivity (Wildman–Crippen MR) is 51.9 cm³/mol.